The molecule has 6 heteroatoms. The van der Waals surface area contributed by atoms with E-state index in [0.717, 1.165) is 6.42 Å². The highest BCUT2D eigenvalue weighted by Crippen LogP contribution is 2.22. The highest BCUT2D eigenvalue weighted by atomic mass is 16.6. The van der Waals surface area contributed by atoms with Crippen LogP contribution in [0.2, 0.25) is 0 Å². The minimum absolute atomic E-state index is 0.0927. The Balaban J connectivity index is 2.25. The van der Waals surface area contributed by atoms with Crippen LogP contribution in [0.25, 0.3) is 0 Å². The van der Waals surface area contributed by atoms with Crippen molar-refractivity contribution in [2.75, 3.05) is 13.1 Å². The quantitative estimate of drug-likeness (QED) is 0.659. The van der Waals surface area contributed by atoms with Gasteiger partial charge in [-0.15, -0.1) is 0 Å². The molecule has 108 valence electrons. The summed E-state index contributed by atoms with van der Waals surface area (Å²) in [5.41, 5.74) is 0.944. The standard InChI is InChI=1S/C14H18N2O4/c1-9-3-4-11(16(19)20)7-12(9)14(18)15-6-5-10(2)13(17)8-15/h3-4,7,10,13,17H,5-6,8H2,1-2H3. The Morgan fingerprint density at radius 2 is 2.20 bits per heavy atom. The van der Waals surface area contributed by atoms with Crippen molar-refractivity contribution >= 4 is 11.6 Å². The van der Waals surface area contributed by atoms with Gasteiger partial charge in [-0.2, -0.15) is 0 Å². The number of hydrogen-bond acceptors (Lipinski definition) is 4. The van der Waals surface area contributed by atoms with E-state index in [2.05, 4.69) is 0 Å². The highest BCUT2D eigenvalue weighted by molar-refractivity contribution is 5.96. The summed E-state index contributed by atoms with van der Waals surface area (Å²) in [6.45, 7) is 4.55. The van der Waals surface area contributed by atoms with Gasteiger partial charge in [0.2, 0.25) is 0 Å². The number of nitro groups is 1. The molecule has 1 heterocycles. The van der Waals surface area contributed by atoms with E-state index in [4.69, 9.17) is 0 Å². The molecular weight excluding hydrogens is 260 g/mol. The van der Waals surface area contributed by atoms with E-state index in [-0.39, 0.29) is 24.1 Å². The normalized spacial score (nSPS) is 22.6. The van der Waals surface area contributed by atoms with Crippen LogP contribution >= 0.6 is 0 Å². The number of aliphatic hydroxyl groups is 1. The van der Waals surface area contributed by atoms with E-state index in [1.807, 2.05) is 6.92 Å². The molecule has 2 unspecified atom stereocenters. The molecule has 1 aliphatic heterocycles. The summed E-state index contributed by atoms with van der Waals surface area (Å²) in [5, 5.41) is 20.7. The van der Waals surface area contributed by atoms with E-state index in [9.17, 15) is 20.0 Å². The van der Waals surface area contributed by atoms with E-state index in [1.165, 1.54) is 12.1 Å². The Morgan fingerprint density at radius 1 is 1.50 bits per heavy atom. The van der Waals surface area contributed by atoms with E-state index in [1.54, 1.807) is 17.9 Å². The predicted octanol–water partition coefficient (Wildman–Crippen LogP) is 1.75. The molecule has 1 amide bonds. The molecule has 2 rings (SSSR count). The number of benzene rings is 1. The van der Waals surface area contributed by atoms with Crippen LogP contribution in [0.3, 0.4) is 0 Å². The first-order valence-corrected chi connectivity index (χ1v) is 6.62. The molecule has 6 nitrogen and oxygen atoms in total. The van der Waals surface area contributed by atoms with Crippen molar-refractivity contribution in [1.82, 2.24) is 4.90 Å². The van der Waals surface area contributed by atoms with Gasteiger partial charge in [-0.1, -0.05) is 13.0 Å². The zero-order chi connectivity index (χ0) is 14.9. The van der Waals surface area contributed by atoms with Crippen molar-refractivity contribution in [1.29, 1.82) is 0 Å². The number of carbonyl (C=O) groups excluding carboxylic acids is 1. The van der Waals surface area contributed by atoms with Crippen molar-refractivity contribution < 1.29 is 14.8 Å². The summed E-state index contributed by atoms with van der Waals surface area (Å²) < 4.78 is 0. The second-order valence-corrected chi connectivity index (χ2v) is 5.34. The van der Waals surface area contributed by atoms with E-state index >= 15 is 0 Å². The number of nitrogens with zero attached hydrogens (tertiary/aromatic N) is 2. The third kappa shape index (κ3) is 2.80. The van der Waals surface area contributed by atoms with Crippen LogP contribution in [-0.4, -0.2) is 40.0 Å². The maximum Gasteiger partial charge on any atom is 0.270 e. The number of nitro benzene ring substituents is 1. The summed E-state index contributed by atoms with van der Waals surface area (Å²) in [4.78, 5) is 24.3. The predicted molar refractivity (Wildman–Crippen MR) is 73.5 cm³/mol. The van der Waals surface area contributed by atoms with Crippen molar-refractivity contribution in [3.63, 3.8) is 0 Å². The molecule has 1 N–H and O–H groups in total. The molecule has 1 aromatic carbocycles. The van der Waals surface area contributed by atoms with Gasteiger partial charge in [0.1, 0.15) is 0 Å². The molecule has 1 aliphatic rings. The number of rotatable bonds is 2. The van der Waals surface area contributed by atoms with Crippen LogP contribution in [0.4, 0.5) is 5.69 Å². The first kappa shape index (κ1) is 14.5. The number of β-amino-alcohol motifs (C(OH)–C–C–N with tert-alkyl or cyclic N) is 1. The number of carbonyl (C=O) groups is 1. The fraction of sp³-hybridized carbons (Fsp3) is 0.500. The van der Waals surface area contributed by atoms with Crippen molar-refractivity contribution in [3.8, 4) is 0 Å². The number of amides is 1. The van der Waals surface area contributed by atoms with E-state index in [0.29, 0.717) is 17.7 Å². The fourth-order valence-electron chi connectivity index (χ4n) is 2.36. The average molecular weight is 278 g/mol. The van der Waals surface area contributed by atoms with Crippen molar-refractivity contribution in [2.24, 2.45) is 5.92 Å². The lowest BCUT2D eigenvalue weighted by Crippen LogP contribution is -2.46. The van der Waals surface area contributed by atoms with Gasteiger partial charge in [0.15, 0.2) is 0 Å². The second kappa shape index (κ2) is 5.58. The summed E-state index contributed by atoms with van der Waals surface area (Å²) in [6.07, 6.45) is 0.202. The molecule has 0 bridgehead atoms. The molecule has 0 spiro atoms. The van der Waals surface area contributed by atoms with Gasteiger partial charge < -0.3 is 10.0 Å². The molecule has 0 saturated carbocycles. The number of likely N-dealkylation sites (tertiary alicyclic amines) is 1. The van der Waals surface area contributed by atoms with E-state index < -0.39 is 11.0 Å². The molecule has 1 aromatic rings. The average Bonchev–Trinajstić information content (AvgIpc) is 2.41. The number of non-ortho nitro benzene ring substituents is 1. The monoisotopic (exact) mass is 278 g/mol. The lowest BCUT2D eigenvalue weighted by Gasteiger charge is -2.34. The van der Waals surface area contributed by atoms with Crippen molar-refractivity contribution in [2.45, 2.75) is 26.4 Å². The third-order valence-electron chi connectivity index (χ3n) is 3.87. The number of aryl methyl sites for hydroxylation is 1. The van der Waals surface area contributed by atoms with Crippen LogP contribution in [-0.2, 0) is 0 Å². The lowest BCUT2D eigenvalue weighted by atomic mass is 9.95. The Labute approximate surface area is 117 Å². The maximum absolute atomic E-state index is 12.4. The smallest absolute Gasteiger partial charge is 0.270 e. The minimum Gasteiger partial charge on any atom is -0.391 e. The summed E-state index contributed by atoms with van der Waals surface area (Å²) in [5.74, 6) is -0.0811. The van der Waals surface area contributed by atoms with Crippen LogP contribution in [0, 0.1) is 23.0 Å². The zero-order valence-corrected chi connectivity index (χ0v) is 11.6. The van der Waals surface area contributed by atoms with Gasteiger partial charge in [0, 0.05) is 30.8 Å². The molecule has 1 fully saturated rings. The van der Waals surface area contributed by atoms with Crippen LogP contribution in [0.1, 0.15) is 29.3 Å². The number of piperidine rings is 1. The topological polar surface area (TPSA) is 83.7 Å². The first-order chi connectivity index (χ1) is 9.40. The van der Waals surface area contributed by atoms with Crippen LogP contribution in [0.15, 0.2) is 18.2 Å². The van der Waals surface area contributed by atoms with Crippen molar-refractivity contribution in [3.05, 3.63) is 39.4 Å². The van der Waals surface area contributed by atoms with Gasteiger partial charge in [-0.25, -0.2) is 0 Å². The Kier molecular flexibility index (Phi) is 4.04. The summed E-state index contributed by atoms with van der Waals surface area (Å²) in [6, 6.07) is 4.27. The molecular formula is C14H18N2O4. The largest absolute Gasteiger partial charge is 0.391 e. The second-order valence-electron chi connectivity index (χ2n) is 5.34. The third-order valence-corrected chi connectivity index (χ3v) is 3.87. The maximum atomic E-state index is 12.4. The fourth-order valence-corrected chi connectivity index (χ4v) is 2.36. The van der Waals surface area contributed by atoms with Crippen LogP contribution < -0.4 is 0 Å². The Morgan fingerprint density at radius 3 is 2.80 bits per heavy atom. The summed E-state index contributed by atoms with van der Waals surface area (Å²) in [7, 11) is 0. The first-order valence-electron chi connectivity index (χ1n) is 6.62. The van der Waals surface area contributed by atoms with Gasteiger partial charge in [0.05, 0.1) is 11.0 Å². The molecule has 2 atom stereocenters. The molecule has 1 saturated heterocycles. The number of aliphatic hydroxyl groups excluding tert-OH is 1. The van der Waals surface area contributed by atoms with Crippen LogP contribution in [0.5, 0.6) is 0 Å². The molecule has 20 heavy (non-hydrogen) atoms. The lowest BCUT2D eigenvalue weighted by molar-refractivity contribution is -0.384. The number of hydrogen-bond donors (Lipinski definition) is 1. The highest BCUT2D eigenvalue weighted by Gasteiger charge is 2.29. The van der Waals surface area contributed by atoms with Gasteiger partial charge >= 0.3 is 0 Å². The Hall–Kier alpha value is -1.95. The molecule has 0 aliphatic carbocycles. The zero-order valence-electron chi connectivity index (χ0n) is 11.6. The summed E-state index contributed by atoms with van der Waals surface area (Å²) >= 11 is 0. The minimum atomic E-state index is -0.535. The van der Waals surface area contributed by atoms with Gasteiger partial charge in [0.25, 0.3) is 11.6 Å². The Bertz CT molecular complexity index is 544. The SMILES string of the molecule is Cc1ccc([N+](=O)[O-])cc1C(=O)N1CCC(C)C(O)C1. The molecule has 0 aromatic heterocycles. The molecule has 0 radical (unpaired) electrons. The van der Waals surface area contributed by atoms with Gasteiger partial charge in [-0.05, 0) is 24.8 Å². The van der Waals surface area contributed by atoms with Gasteiger partial charge in [-0.3, -0.25) is 14.9 Å².